The van der Waals surface area contributed by atoms with Gasteiger partial charge in [0.25, 0.3) is 0 Å². The number of carbonyl (C=O) groups is 3. The summed E-state index contributed by atoms with van der Waals surface area (Å²) in [6, 6.07) is -1.83. The second-order valence-electron chi connectivity index (χ2n) is 7.43. The van der Waals surface area contributed by atoms with Crippen LogP contribution in [-0.4, -0.2) is 56.0 Å². The van der Waals surface area contributed by atoms with Crippen molar-refractivity contribution >= 4 is 17.7 Å². The topological polar surface area (TPSA) is 177 Å². The van der Waals surface area contributed by atoms with Gasteiger partial charge in [-0.25, -0.2) is 4.79 Å². The second kappa shape index (κ2) is 17.3. The second-order valence-corrected chi connectivity index (χ2v) is 7.43. The van der Waals surface area contributed by atoms with Crippen LogP contribution >= 0.6 is 0 Å². The van der Waals surface area contributed by atoms with Crippen LogP contribution in [0.3, 0.4) is 0 Å². The maximum absolute atomic E-state index is 12.2. The zero-order valence-electron chi connectivity index (χ0n) is 17.9. The Morgan fingerprint density at radius 2 is 1.34 bits per heavy atom. The summed E-state index contributed by atoms with van der Waals surface area (Å²) in [5.74, 6) is -0.801. The third kappa shape index (κ3) is 13.3. The summed E-state index contributed by atoms with van der Waals surface area (Å²) >= 11 is 0. The molecule has 0 saturated heterocycles. The van der Waals surface area contributed by atoms with Crippen molar-refractivity contribution in [2.24, 2.45) is 22.9 Å². The molecule has 170 valence electrons. The molecule has 3 unspecified atom stereocenters. The van der Waals surface area contributed by atoms with Crippen LogP contribution in [0, 0.1) is 0 Å². The first kappa shape index (κ1) is 27.5. The standard InChI is InChI=1S/C20H41N5O4/c1-29-20(28)17(25-19(27)16(24)10-6-8-14-22)11-3-2-4-12-18(26)15(23)9-5-7-13-21/h15-17H,2-14,21-24H2,1H3,(H,25,27). The molecule has 9 N–H and O–H groups in total. The van der Waals surface area contributed by atoms with Crippen LogP contribution in [0.1, 0.15) is 70.6 Å². The summed E-state index contributed by atoms with van der Waals surface area (Å²) < 4.78 is 4.77. The number of hydrogen-bond donors (Lipinski definition) is 5. The zero-order chi connectivity index (χ0) is 22.1. The molecule has 0 aliphatic carbocycles. The van der Waals surface area contributed by atoms with Gasteiger partial charge in [0.2, 0.25) is 5.91 Å². The predicted molar refractivity (Wildman–Crippen MR) is 114 cm³/mol. The lowest BCUT2D eigenvalue weighted by atomic mass is 10.00. The highest BCUT2D eigenvalue weighted by Gasteiger charge is 2.24. The van der Waals surface area contributed by atoms with Crippen LogP contribution < -0.4 is 28.3 Å². The quantitative estimate of drug-likeness (QED) is 0.154. The van der Waals surface area contributed by atoms with E-state index in [1.54, 1.807) is 0 Å². The summed E-state index contributed by atoms with van der Waals surface area (Å²) in [4.78, 5) is 36.1. The van der Waals surface area contributed by atoms with E-state index in [1.165, 1.54) is 7.11 Å². The van der Waals surface area contributed by atoms with Crippen molar-refractivity contribution in [1.29, 1.82) is 0 Å². The van der Waals surface area contributed by atoms with Gasteiger partial charge in [-0.05, 0) is 51.6 Å². The Hall–Kier alpha value is -1.55. The van der Waals surface area contributed by atoms with Gasteiger partial charge in [0, 0.05) is 6.42 Å². The van der Waals surface area contributed by atoms with Crippen LogP contribution in [0.15, 0.2) is 0 Å². The van der Waals surface area contributed by atoms with Gasteiger partial charge in [-0.2, -0.15) is 0 Å². The summed E-state index contributed by atoms with van der Waals surface area (Å²) in [7, 11) is 1.29. The molecule has 1 amide bonds. The molecule has 0 aliphatic heterocycles. The molecule has 3 atom stereocenters. The summed E-state index contributed by atoms with van der Waals surface area (Å²) in [6.45, 7) is 1.16. The van der Waals surface area contributed by atoms with E-state index in [4.69, 9.17) is 27.7 Å². The van der Waals surface area contributed by atoms with Gasteiger partial charge in [0.1, 0.15) is 11.8 Å². The highest BCUT2D eigenvalue weighted by Crippen LogP contribution is 2.10. The molecule has 0 aliphatic rings. The van der Waals surface area contributed by atoms with Crippen LogP contribution in [0.25, 0.3) is 0 Å². The number of nitrogens with one attached hydrogen (secondary N) is 1. The van der Waals surface area contributed by atoms with E-state index >= 15 is 0 Å². The monoisotopic (exact) mass is 415 g/mol. The Kier molecular flexibility index (Phi) is 16.4. The summed E-state index contributed by atoms with van der Waals surface area (Å²) in [5, 5.41) is 2.67. The Balaban J connectivity index is 4.22. The molecule has 0 aromatic rings. The van der Waals surface area contributed by atoms with E-state index in [0.29, 0.717) is 51.6 Å². The molecule has 29 heavy (non-hydrogen) atoms. The third-order valence-corrected chi connectivity index (χ3v) is 4.91. The van der Waals surface area contributed by atoms with E-state index in [1.807, 2.05) is 0 Å². The van der Waals surface area contributed by atoms with Crippen molar-refractivity contribution in [3.8, 4) is 0 Å². The van der Waals surface area contributed by atoms with Crippen LogP contribution in [-0.2, 0) is 19.1 Å². The van der Waals surface area contributed by atoms with Gasteiger partial charge in [0.05, 0.1) is 19.2 Å². The van der Waals surface area contributed by atoms with Crippen molar-refractivity contribution in [3.05, 3.63) is 0 Å². The number of ketones is 1. The summed E-state index contributed by atoms with van der Waals surface area (Å²) in [5.41, 5.74) is 22.6. The molecule has 0 radical (unpaired) electrons. The van der Waals surface area contributed by atoms with E-state index in [9.17, 15) is 14.4 Å². The Morgan fingerprint density at radius 1 is 0.793 bits per heavy atom. The minimum Gasteiger partial charge on any atom is -0.467 e. The molecule has 0 aromatic carbocycles. The summed E-state index contributed by atoms with van der Waals surface area (Å²) in [6.07, 6.45) is 7.47. The Morgan fingerprint density at radius 3 is 1.90 bits per heavy atom. The molecule has 9 heteroatoms. The lowest BCUT2D eigenvalue weighted by molar-refractivity contribution is -0.145. The van der Waals surface area contributed by atoms with Gasteiger partial charge in [0.15, 0.2) is 0 Å². The van der Waals surface area contributed by atoms with Crippen molar-refractivity contribution in [2.45, 2.75) is 88.8 Å². The molecular formula is C20H41N5O4. The number of unbranched alkanes of at least 4 members (excludes halogenated alkanes) is 4. The predicted octanol–water partition coefficient (Wildman–Crippen LogP) is 0.0764. The first-order valence-corrected chi connectivity index (χ1v) is 10.7. The van der Waals surface area contributed by atoms with E-state index < -0.39 is 24.1 Å². The average molecular weight is 416 g/mol. The number of rotatable bonds is 18. The number of nitrogens with two attached hydrogens (primary N) is 4. The number of ether oxygens (including phenoxy) is 1. The van der Waals surface area contributed by atoms with Crippen molar-refractivity contribution < 1.29 is 19.1 Å². The lowest BCUT2D eigenvalue weighted by Gasteiger charge is -2.19. The van der Waals surface area contributed by atoms with Gasteiger partial charge in [-0.3, -0.25) is 9.59 Å². The third-order valence-electron chi connectivity index (χ3n) is 4.91. The van der Waals surface area contributed by atoms with E-state index in [2.05, 4.69) is 5.32 Å². The number of methoxy groups -OCH3 is 1. The molecule has 0 spiro atoms. The first-order chi connectivity index (χ1) is 13.9. The molecule has 0 bridgehead atoms. The molecule has 0 heterocycles. The minimum absolute atomic E-state index is 0.0586. The van der Waals surface area contributed by atoms with E-state index in [0.717, 1.165) is 32.1 Å². The van der Waals surface area contributed by atoms with Gasteiger partial charge in [-0.15, -0.1) is 0 Å². The van der Waals surface area contributed by atoms with Gasteiger partial charge in [-0.1, -0.05) is 25.7 Å². The van der Waals surface area contributed by atoms with Crippen LogP contribution in [0.2, 0.25) is 0 Å². The fourth-order valence-corrected chi connectivity index (χ4v) is 2.99. The number of hydrogen-bond acceptors (Lipinski definition) is 8. The van der Waals surface area contributed by atoms with E-state index in [-0.39, 0.29) is 11.7 Å². The molecule has 0 aromatic heterocycles. The van der Waals surface area contributed by atoms with Gasteiger partial charge >= 0.3 is 5.97 Å². The fourth-order valence-electron chi connectivity index (χ4n) is 2.99. The smallest absolute Gasteiger partial charge is 0.328 e. The largest absolute Gasteiger partial charge is 0.467 e. The highest BCUT2D eigenvalue weighted by atomic mass is 16.5. The van der Waals surface area contributed by atoms with Gasteiger partial charge < -0.3 is 33.0 Å². The normalized spacial score (nSPS) is 14.1. The molecular weight excluding hydrogens is 374 g/mol. The van der Waals surface area contributed by atoms with Crippen molar-refractivity contribution in [3.63, 3.8) is 0 Å². The molecule has 0 fully saturated rings. The zero-order valence-corrected chi connectivity index (χ0v) is 17.9. The first-order valence-electron chi connectivity index (χ1n) is 10.7. The average Bonchev–Trinajstić information content (AvgIpc) is 2.71. The number of amides is 1. The Bertz CT molecular complexity index is 476. The SMILES string of the molecule is COC(=O)C(CCCCCC(=O)C(N)CCCCN)NC(=O)C(N)CCCCN. The fraction of sp³-hybridized carbons (Fsp3) is 0.850. The lowest BCUT2D eigenvalue weighted by Crippen LogP contribution is -2.48. The molecule has 0 saturated carbocycles. The van der Waals surface area contributed by atoms with Crippen LogP contribution in [0.4, 0.5) is 0 Å². The van der Waals surface area contributed by atoms with Crippen molar-refractivity contribution in [1.82, 2.24) is 5.32 Å². The number of carbonyl (C=O) groups excluding carboxylic acids is 3. The maximum Gasteiger partial charge on any atom is 0.328 e. The number of esters is 1. The molecule has 0 rings (SSSR count). The Labute approximate surface area is 174 Å². The maximum atomic E-state index is 12.2. The molecule has 9 nitrogen and oxygen atoms in total. The highest BCUT2D eigenvalue weighted by molar-refractivity contribution is 5.87. The van der Waals surface area contributed by atoms with Crippen molar-refractivity contribution in [2.75, 3.05) is 20.2 Å². The number of Topliss-reactive ketones (excluding diaryl/α,β-unsaturated/α-hetero) is 1. The van der Waals surface area contributed by atoms with Crippen LogP contribution in [0.5, 0.6) is 0 Å². The minimum atomic E-state index is -0.734.